The van der Waals surface area contributed by atoms with Gasteiger partial charge in [0, 0.05) is 25.2 Å². The maximum atomic E-state index is 14.0. The van der Waals surface area contributed by atoms with E-state index in [4.69, 9.17) is 4.74 Å². The van der Waals surface area contributed by atoms with Crippen molar-refractivity contribution in [2.45, 2.75) is 26.3 Å². The number of ether oxygens (including phenoxy) is 1. The molecule has 0 N–H and O–H groups in total. The van der Waals surface area contributed by atoms with Crippen LogP contribution in [0.4, 0.5) is 4.39 Å². The van der Waals surface area contributed by atoms with Gasteiger partial charge in [0.2, 0.25) is 0 Å². The van der Waals surface area contributed by atoms with Crippen LogP contribution in [0.15, 0.2) is 18.2 Å². The van der Waals surface area contributed by atoms with Gasteiger partial charge in [0.1, 0.15) is 11.6 Å². The summed E-state index contributed by atoms with van der Waals surface area (Å²) in [5.41, 5.74) is 0.121. The number of methoxy groups -OCH3 is 1. The van der Waals surface area contributed by atoms with E-state index >= 15 is 0 Å². The zero-order valence-electron chi connectivity index (χ0n) is 12.9. The van der Waals surface area contributed by atoms with E-state index in [1.54, 1.807) is 11.0 Å². The summed E-state index contributed by atoms with van der Waals surface area (Å²) in [6.45, 7) is 7.55. The smallest absolute Gasteiger partial charge is 0.256 e. The highest BCUT2D eigenvalue weighted by Gasteiger charge is 2.30. The Kier molecular flexibility index (Phi) is 5.17. The molecule has 0 radical (unpaired) electrons. The van der Waals surface area contributed by atoms with E-state index < -0.39 is 5.82 Å². The lowest BCUT2D eigenvalue weighted by Crippen LogP contribution is -2.38. The molecule has 1 aromatic carbocycles. The minimum absolute atomic E-state index is 0.121. The second-order valence-corrected chi connectivity index (χ2v) is 5.26. The molecular formula is C16H23FN2O2. The van der Waals surface area contributed by atoms with Gasteiger partial charge in [-0.3, -0.25) is 9.69 Å². The van der Waals surface area contributed by atoms with Crippen LogP contribution in [0.5, 0.6) is 5.75 Å². The first-order chi connectivity index (χ1) is 10.1. The molecule has 1 fully saturated rings. The average Bonchev–Trinajstić information content (AvgIpc) is 2.97. The lowest BCUT2D eigenvalue weighted by molar-refractivity contribution is 0.0773. The van der Waals surface area contributed by atoms with Crippen LogP contribution in [0.3, 0.4) is 0 Å². The van der Waals surface area contributed by atoms with Crippen LogP contribution in [0.2, 0.25) is 0 Å². The molecule has 1 aromatic rings. The summed E-state index contributed by atoms with van der Waals surface area (Å²) < 4.78 is 19.0. The summed E-state index contributed by atoms with van der Waals surface area (Å²) in [6, 6.07) is 4.76. The average molecular weight is 294 g/mol. The first-order valence-electron chi connectivity index (χ1n) is 7.47. The van der Waals surface area contributed by atoms with Crippen molar-refractivity contribution in [3.63, 3.8) is 0 Å². The van der Waals surface area contributed by atoms with Crippen molar-refractivity contribution in [3.05, 3.63) is 29.6 Å². The zero-order valence-corrected chi connectivity index (χ0v) is 12.9. The predicted molar refractivity (Wildman–Crippen MR) is 80.2 cm³/mol. The topological polar surface area (TPSA) is 32.8 Å². The fourth-order valence-corrected chi connectivity index (χ4v) is 2.93. The van der Waals surface area contributed by atoms with Crippen LogP contribution in [-0.4, -0.2) is 55.0 Å². The third kappa shape index (κ3) is 3.35. The number of carbonyl (C=O) groups excluding carboxylic acids is 1. The largest absolute Gasteiger partial charge is 0.497 e. The van der Waals surface area contributed by atoms with Crippen molar-refractivity contribution in [3.8, 4) is 5.75 Å². The summed E-state index contributed by atoms with van der Waals surface area (Å²) in [6.07, 6.45) is 0.950. The molecule has 116 valence electrons. The van der Waals surface area contributed by atoms with Gasteiger partial charge in [-0.25, -0.2) is 4.39 Å². The lowest BCUT2D eigenvalue weighted by Gasteiger charge is -2.26. The third-order valence-electron chi connectivity index (χ3n) is 4.19. The molecule has 21 heavy (non-hydrogen) atoms. The maximum absolute atomic E-state index is 14.0. The fraction of sp³-hybridized carbons (Fsp3) is 0.562. The van der Waals surface area contributed by atoms with E-state index in [0.717, 1.165) is 19.5 Å². The lowest BCUT2D eigenvalue weighted by atomic mass is 10.1. The second kappa shape index (κ2) is 6.89. The molecule has 0 aliphatic carbocycles. The predicted octanol–water partition coefficient (Wildman–Crippen LogP) is 2.39. The Hall–Kier alpha value is -1.62. The van der Waals surface area contributed by atoms with Gasteiger partial charge >= 0.3 is 0 Å². The van der Waals surface area contributed by atoms with Gasteiger partial charge in [0.15, 0.2) is 0 Å². The molecule has 5 heteroatoms. The Morgan fingerprint density at radius 3 is 2.71 bits per heavy atom. The van der Waals surface area contributed by atoms with Gasteiger partial charge < -0.3 is 9.64 Å². The van der Waals surface area contributed by atoms with E-state index in [1.165, 1.54) is 19.2 Å². The second-order valence-electron chi connectivity index (χ2n) is 5.26. The Bertz CT molecular complexity index is 503. The molecule has 1 saturated heterocycles. The Morgan fingerprint density at radius 2 is 2.14 bits per heavy atom. The van der Waals surface area contributed by atoms with Gasteiger partial charge in [-0.05, 0) is 31.6 Å². The zero-order chi connectivity index (χ0) is 15.4. The van der Waals surface area contributed by atoms with Crippen LogP contribution in [0, 0.1) is 5.82 Å². The van der Waals surface area contributed by atoms with Crippen molar-refractivity contribution < 1.29 is 13.9 Å². The number of hydrogen-bond acceptors (Lipinski definition) is 3. The summed E-state index contributed by atoms with van der Waals surface area (Å²) >= 11 is 0. The molecule has 4 nitrogen and oxygen atoms in total. The van der Waals surface area contributed by atoms with E-state index in [2.05, 4.69) is 18.7 Å². The molecule has 0 bridgehead atoms. The number of likely N-dealkylation sites (tertiary alicyclic amines) is 1. The third-order valence-corrected chi connectivity index (χ3v) is 4.19. The van der Waals surface area contributed by atoms with E-state index in [0.29, 0.717) is 24.9 Å². The van der Waals surface area contributed by atoms with Crippen molar-refractivity contribution in [2.24, 2.45) is 0 Å². The van der Waals surface area contributed by atoms with Crippen LogP contribution < -0.4 is 4.74 Å². The van der Waals surface area contributed by atoms with Crippen molar-refractivity contribution in [2.75, 3.05) is 33.3 Å². The highest BCUT2D eigenvalue weighted by molar-refractivity contribution is 5.94. The van der Waals surface area contributed by atoms with Gasteiger partial charge in [0.05, 0.1) is 12.7 Å². The number of likely N-dealkylation sites (N-methyl/N-ethyl adjacent to an activating group) is 1. The van der Waals surface area contributed by atoms with Crippen LogP contribution in [0.25, 0.3) is 0 Å². The minimum atomic E-state index is -0.523. The summed E-state index contributed by atoms with van der Waals surface area (Å²) in [5.74, 6) is -0.332. The van der Waals surface area contributed by atoms with Gasteiger partial charge in [-0.2, -0.15) is 0 Å². The first-order valence-corrected chi connectivity index (χ1v) is 7.47. The number of rotatable bonds is 5. The number of hydrogen-bond donors (Lipinski definition) is 0. The number of halogens is 1. The van der Waals surface area contributed by atoms with Crippen molar-refractivity contribution in [1.29, 1.82) is 0 Å². The van der Waals surface area contributed by atoms with Crippen molar-refractivity contribution in [1.82, 2.24) is 9.80 Å². The van der Waals surface area contributed by atoms with Crippen LogP contribution in [0.1, 0.15) is 30.6 Å². The number of amides is 1. The quantitative estimate of drug-likeness (QED) is 0.836. The highest BCUT2D eigenvalue weighted by Crippen LogP contribution is 2.21. The molecule has 0 saturated carbocycles. The van der Waals surface area contributed by atoms with Crippen molar-refractivity contribution >= 4 is 5.91 Å². The molecule has 1 heterocycles. The number of nitrogens with zero attached hydrogens (tertiary/aromatic N) is 2. The van der Waals surface area contributed by atoms with Gasteiger partial charge in [0.25, 0.3) is 5.91 Å². The van der Waals surface area contributed by atoms with Gasteiger partial charge in [-0.15, -0.1) is 0 Å². The molecule has 1 aliphatic rings. The molecule has 0 spiro atoms. The Morgan fingerprint density at radius 1 is 1.43 bits per heavy atom. The molecule has 2 rings (SSSR count). The Labute approximate surface area is 125 Å². The van der Waals surface area contributed by atoms with E-state index in [1.807, 2.05) is 0 Å². The summed E-state index contributed by atoms with van der Waals surface area (Å²) in [4.78, 5) is 16.5. The molecule has 0 aromatic heterocycles. The van der Waals surface area contributed by atoms with Crippen LogP contribution >= 0.6 is 0 Å². The fourth-order valence-electron chi connectivity index (χ4n) is 2.93. The molecule has 1 atom stereocenters. The summed E-state index contributed by atoms with van der Waals surface area (Å²) in [7, 11) is 1.48. The SMILES string of the molecule is CCN(CC)C1CCN(C(=O)c2ccc(OC)cc2F)C1. The normalized spacial score (nSPS) is 18.3. The number of benzene rings is 1. The minimum Gasteiger partial charge on any atom is -0.497 e. The van der Waals surface area contributed by atoms with Crippen LogP contribution in [-0.2, 0) is 0 Å². The molecular weight excluding hydrogens is 271 g/mol. The number of carbonyl (C=O) groups is 1. The standard InChI is InChI=1S/C16H23FN2O2/c1-4-18(5-2)12-8-9-19(11-12)16(20)14-7-6-13(21-3)10-15(14)17/h6-7,10,12H,4-5,8-9,11H2,1-3H3. The van der Waals surface area contributed by atoms with E-state index in [9.17, 15) is 9.18 Å². The Balaban J connectivity index is 2.08. The van der Waals surface area contributed by atoms with E-state index in [-0.39, 0.29) is 11.5 Å². The highest BCUT2D eigenvalue weighted by atomic mass is 19.1. The molecule has 1 unspecified atom stereocenters. The summed E-state index contributed by atoms with van der Waals surface area (Å²) in [5, 5.41) is 0. The monoisotopic (exact) mass is 294 g/mol. The first kappa shape index (κ1) is 15.8. The molecule has 1 aliphatic heterocycles. The molecule has 1 amide bonds. The van der Waals surface area contributed by atoms with Gasteiger partial charge in [-0.1, -0.05) is 13.8 Å². The maximum Gasteiger partial charge on any atom is 0.256 e.